The molecular weight excluding hydrogens is 558 g/mol. The number of nitrogens with zero attached hydrogens (tertiary/aromatic N) is 3. The molecule has 45 heavy (non-hydrogen) atoms. The summed E-state index contributed by atoms with van der Waals surface area (Å²) in [5, 5.41) is 10.6. The normalized spacial score (nSPS) is 14.1. The summed E-state index contributed by atoms with van der Waals surface area (Å²) in [7, 11) is 5.56. The number of ether oxygens (including phenoxy) is 2. The zero-order chi connectivity index (χ0) is 32.5. The Morgan fingerprint density at radius 1 is 0.933 bits per heavy atom. The van der Waals surface area contributed by atoms with Gasteiger partial charge in [0.15, 0.2) is 0 Å². The minimum atomic E-state index is -0.499. The van der Waals surface area contributed by atoms with E-state index in [-0.39, 0.29) is 5.91 Å². The summed E-state index contributed by atoms with van der Waals surface area (Å²) in [4.78, 5) is 16.6. The van der Waals surface area contributed by atoms with Crippen molar-refractivity contribution in [2.75, 3.05) is 45.8 Å². The average molecular weight is 618 g/mol. The lowest BCUT2D eigenvalue weighted by Gasteiger charge is -2.32. The third-order valence-electron chi connectivity index (χ3n) is 9.72. The lowest BCUT2D eigenvalue weighted by atomic mass is 9.74. The van der Waals surface area contributed by atoms with Crippen LogP contribution in [0.25, 0.3) is 0 Å². The number of fused-ring (bicyclic) bond motifs is 1. The van der Waals surface area contributed by atoms with Crippen LogP contribution >= 0.6 is 0 Å². The molecule has 0 saturated heterocycles. The standard InChI is InChI=1S/C39H59N3O3/c1-6-7-8-9-10-11-12-13-14-15-25-39(31-40,34-19-16-20-35(30-34)44-4)26-18-27-41(3)29-24-33-22-23-37(45-5)38-36(33)21-17-28-42(38)32(2)43/h16,19-20,22-23,30H,6-15,17-18,21,24-29H2,1-5H3. The number of rotatable bonds is 21. The van der Waals surface area contributed by atoms with Crippen molar-refractivity contribution >= 4 is 11.6 Å². The van der Waals surface area contributed by atoms with Crippen LogP contribution < -0.4 is 14.4 Å². The predicted octanol–water partition coefficient (Wildman–Crippen LogP) is 9.03. The van der Waals surface area contributed by atoms with Crippen molar-refractivity contribution in [3.05, 3.63) is 53.1 Å². The molecule has 0 saturated carbocycles. The summed E-state index contributed by atoms with van der Waals surface area (Å²) in [6.07, 6.45) is 18.5. The first-order chi connectivity index (χ1) is 21.9. The van der Waals surface area contributed by atoms with Gasteiger partial charge in [0.25, 0.3) is 0 Å². The number of methoxy groups -OCH3 is 2. The first-order valence-corrected chi connectivity index (χ1v) is 17.6. The van der Waals surface area contributed by atoms with E-state index in [9.17, 15) is 10.1 Å². The van der Waals surface area contributed by atoms with E-state index in [2.05, 4.69) is 43.1 Å². The van der Waals surface area contributed by atoms with Gasteiger partial charge in [-0.2, -0.15) is 5.26 Å². The Labute approximate surface area is 274 Å². The zero-order valence-corrected chi connectivity index (χ0v) is 29.0. The molecule has 3 rings (SSSR count). The maximum absolute atomic E-state index is 12.4. The number of nitriles is 1. The molecule has 0 bridgehead atoms. The quantitative estimate of drug-likeness (QED) is 0.131. The topological polar surface area (TPSA) is 65.8 Å². The van der Waals surface area contributed by atoms with Crippen molar-refractivity contribution < 1.29 is 14.3 Å². The molecule has 1 aliphatic rings. The second-order valence-electron chi connectivity index (χ2n) is 13.0. The van der Waals surface area contributed by atoms with Crippen LogP contribution in [-0.2, 0) is 23.1 Å². The van der Waals surface area contributed by atoms with Gasteiger partial charge in [-0.15, -0.1) is 0 Å². The average Bonchev–Trinajstić information content (AvgIpc) is 3.06. The highest BCUT2D eigenvalue weighted by atomic mass is 16.5. The fraction of sp³-hybridized carbons (Fsp3) is 0.641. The minimum absolute atomic E-state index is 0.0679. The summed E-state index contributed by atoms with van der Waals surface area (Å²) >= 11 is 0. The minimum Gasteiger partial charge on any atom is -0.497 e. The van der Waals surface area contributed by atoms with Gasteiger partial charge in [-0.05, 0) is 87.0 Å². The van der Waals surface area contributed by atoms with Crippen LogP contribution in [0.4, 0.5) is 5.69 Å². The number of amides is 1. The van der Waals surface area contributed by atoms with E-state index >= 15 is 0 Å². The largest absolute Gasteiger partial charge is 0.497 e. The Morgan fingerprint density at radius 2 is 1.62 bits per heavy atom. The molecule has 0 radical (unpaired) electrons. The molecule has 0 N–H and O–H groups in total. The molecular formula is C39H59N3O3. The zero-order valence-electron chi connectivity index (χ0n) is 29.0. The Balaban J connectivity index is 1.57. The third-order valence-corrected chi connectivity index (χ3v) is 9.72. The SMILES string of the molecule is CCCCCCCCCCCCC(C#N)(CCCN(C)CCc1ccc(OC)c2c1CCCN2C(C)=O)c1cccc(OC)c1. The fourth-order valence-electron chi connectivity index (χ4n) is 6.97. The molecule has 0 aromatic heterocycles. The van der Waals surface area contributed by atoms with Gasteiger partial charge in [0.05, 0.1) is 31.4 Å². The lowest BCUT2D eigenvalue weighted by molar-refractivity contribution is -0.116. The number of hydrogen-bond donors (Lipinski definition) is 0. The van der Waals surface area contributed by atoms with E-state index in [1.165, 1.54) is 68.9 Å². The molecule has 1 amide bonds. The van der Waals surface area contributed by atoms with Gasteiger partial charge in [0.2, 0.25) is 5.91 Å². The van der Waals surface area contributed by atoms with E-state index in [1.807, 2.05) is 23.1 Å². The van der Waals surface area contributed by atoms with Crippen molar-refractivity contribution in [2.45, 2.75) is 122 Å². The van der Waals surface area contributed by atoms with E-state index in [0.29, 0.717) is 0 Å². The van der Waals surface area contributed by atoms with Crippen molar-refractivity contribution in [2.24, 2.45) is 0 Å². The molecule has 0 aliphatic carbocycles. The smallest absolute Gasteiger partial charge is 0.223 e. The van der Waals surface area contributed by atoms with Crippen molar-refractivity contribution in [1.82, 2.24) is 4.90 Å². The number of hydrogen-bond acceptors (Lipinski definition) is 5. The number of likely N-dealkylation sites (N-methyl/N-ethyl adjacent to an activating group) is 1. The summed E-state index contributed by atoms with van der Waals surface area (Å²) < 4.78 is 11.2. The van der Waals surface area contributed by atoms with Crippen molar-refractivity contribution in [3.8, 4) is 17.6 Å². The van der Waals surface area contributed by atoms with Crippen LogP contribution in [0.5, 0.6) is 11.5 Å². The Bertz CT molecular complexity index is 1220. The molecule has 2 aromatic carbocycles. The van der Waals surface area contributed by atoms with Gasteiger partial charge in [0.1, 0.15) is 11.5 Å². The second kappa shape index (κ2) is 19.5. The molecule has 248 valence electrons. The van der Waals surface area contributed by atoms with Gasteiger partial charge in [-0.25, -0.2) is 0 Å². The van der Waals surface area contributed by atoms with E-state index in [0.717, 1.165) is 87.3 Å². The van der Waals surface area contributed by atoms with E-state index < -0.39 is 5.41 Å². The molecule has 2 aromatic rings. The van der Waals surface area contributed by atoms with Crippen LogP contribution in [0.2, 0.25) is 0 Å². The van der Waals surface area contributed by atoms with Gasteiger partial charge >= 0.3 is 0 Å². The van der Waals surface area contributed by atoms with Crippen LogP contribution in [0.3, 0.4) is 0 Å². The predicted molar refractivity (Wildman–Crippen MR) is 187 cm³/mol. The number of unbranched alkanes of at least 4 members (excludes halogenated alkanes) is 9. The van der Waals surface area contributed by atoms with Crippen molar-refractivity contribution in [3.63, 3.8) is 0 Å². The summed E-state index contributed by atoms with van der Waals surface area (Å²) in [5.74, 6) is 1.67. The van der Waals surface area contributed by atoms with Crippen LogP contribution in [-0.4, -0.2) is 51.7 Å². The maximum atomic E-state index is 12.4. The van der Waals surface area contributed by atoms with E-state index in [4.69, 9.17) is 9.47 Å². The third kappa shape index (κ3) is 10.8. The van der Waals surface area contributed by atoms with Gasteiger partial charge in [-0.1, -0.05) is 89.3 Å². The van der Waals surface area contributed by atoms with Crippen LogP contribution in [0.1, 0.15) is 120 Å². The Kier molecular flexibility index (Phi) is 15.8. The highest BCUT2D eigenvalue weighted by Gasteiger charge is 2.32. The molecule has 1 aliphatic heterocycles. The molecule has 6 nitrogen and oxygen atoms in total. The summed E-state index contributed by atoms with van der Waals surface area (Å²) in [6.45, 7) is 6.51. The molecule has 0 fully saturated rings. The van der Waals surface area contributed by atoms with Gasteiger partial charge in [0, 0.05) is 20.0 Å². The monoisotopic (exact) mass is 617 g/mol. The Hall–Kier alpha value is -3.04. The van der Waals surface area contributed by atoms with Crippen LogP contribution in [0.15, 0.2) is 36.4 Å². The first-order valence-electron chi connectivity index (χ1n) is 17.6. The second-order valence-corrected chi connectivity index (χ2v) is 13.0. The molecule has 0 spiro atoms. The number of carbonyl (C=O) groups is 1. The molecule has 1 atom stereocenters. The summed E-state index contributed by atoms with van der Waals surface area (Å²) in [6, 6.07) is 15.1. The lowest BCUT2D eigenvalue weighted by Crippen LogP contribution is -2.34. The van der Waals surface area contributed by atoms with Crippen LogP contribution in [0, 0.1) is 11.3 Å². The molecule has 1 heterocycles. The van der Waals surface area contributed by atoms with E-state index in [1.54, 1.807) is 21.1 Å². The summed E-state index contributed by atoms with van der Waals surface area (Å²) in [5.41, 5.74) is 4.10. The highest BCUT2D eigenvalue weighted by molar-refractivity contribution is 5.95. The molecule has 6 heteroatoms. The number of anilines is 1. The number of benzene rings is 2. The molecule has 1 unspecified atom stereocenters. The fourth-order valence-corrected chi connectivity index (χ4v) is 6.97. The van der Waals surface area contributed by atoms with Crippen molar-refractivity contribution in [1.29, 1.82) is 5.26 Å². The van der Waals surface area contributed by atoms with Gasteiger partial charge in [-0.3, -0.25) is 4.79 Å². The number of carbonyl (C=O) groups excluding carboxylic acids is 1. The highest BCUT2D eigenvalue weighted by Crippen LogP contribution is 2.39. The first kappa shape index (κ1) is 36.4. The van der Waals surface area contributed by atoms with Gasteiger partial charge < -0.3 is 19.3 Å². The Morgan fingerprint density at radius 3 is 2.27 bits per heavy atom. The maximum Gasteiger partial charge on any atom is 0.223 e.